The third-order valence-electron chi connectivity index (χ3n) is 3.25. The van der Waals surface area contributed by atoms with Gasteiger partial charge in [0.15, 0.2) is 11.6 Å². The Hall–Kier alpha value is -1.20. The first-order valence-electron chi connectivity index (χ1n) is 6.13. The zero-order valence-electron chi connectivity index (χ0n) is 10.1. The molecule has 1 fully saturated rings. The van der Waals surface area contributed by atoms with Gasteiger partial charge >= 0.3 is 0 Å². The fourth-order valence-electron chi connectivity index (χ4n) is 2.24. The van der Waals surface area contributed by atoms with Gasteiger partial charge in [-0.05, 0) is 31.5 Å². The Labute approximate surface area is 105 Å². The van der Waals surface area contributed by atoms with Crippen molar-refractivity contribution < 1.29 is 18.6 Å². The Morgan fingerprint density at radius 2 is 2.17 bits per heavy atom. The van der Waals surface area contributed by atoms with Crippen LogP contribution in [0.25, 0.3) is 0 Å². The van der Waals surface area contributed by atoms with E-state index in [9.17, 15) is 8.78 Å². The minimum absolute atomic E-state index is 0.158. The van der Waals surface area contributed by atoms with Crippen molar-refractivity contribution in [1.29, 1.82) is 0 Å². The van der Waals surface area contributed by atoms with Gasteiger partial charge in [0.05, 0.1) is 6.61 Å². The summed E-state index contributed by atoms with van der Waals surface area (Å²) in [4.78, 5) is 2.15. The lowest BCUT2D eigenvalue weighted by atomic mass is 10.2. The Balaban J connectivity index is 1.79. The number of hydrogen-bond donors (Lipinski definition) is 1. The largest absolute Gasteiger partial charge is 0.492 e. The van der Waals surface area contributed by atoms with Crippen molar-refractivity contribution in [2.24, 2.45) is 0 Å². The molecule has 0 saturated carbocycles. The van der Waals surface area contributed by atoms with Crippen molar-refractivity contribution in [3.8, 4) is 5.75 Å². The van der Waals surface area contributed by atoms with Crippen LogP contribution < -0.4 is 4.74 Å². The molecule has 0 aromatic heterocycles. The molecular weight excluding hydrogens is 240 g/mol. The van der Waals surface area contributed by atoms with Crippen molar-refractivity contribution in [3.05, 3.63) is 29.8 Å². The van der Waals surface area contributed by atoms with Gasteiger partial charge in [0, 0.05) is 18.7 Å². The van der Waals surface area contributed by atoms with E-state index in [2.05, 4.69) is 4.90 Å². The number of rotatable bonds is 5. The van der Waals surface area contributed by atoms with Crippen LogP contribution in [0.2, 0.25) is 0 Å². The molecule has 1 heterocycles. The molecule has 1 aliphatic rings. The van der Waals surface area contributed by atoms with Gasteiger partial charge in [0.1, 0.15) is 12.4 Å². The van der Waals surface area contributed by atoms with E-state index in [1.165, 1.54) is 6.07 Å². The van der Waals surface area contributed by atoms with Crippen LogP contribution >= 0.6 is 0 Å². The van der Waals surface area contributed by atoms with E-state index >= 15 is 0 Å². The van der Waals surface area contributed by atoms with Crippen LogP contribution in [0, 0.1) is 11.6 Å². The number of nitrogens with zero attached hydrogens (tertiary/aromatic N) is 1. The van der Waals surface area contributed by atoms with E-state index in [0.717, 1.165) is 31.5 Å². The molecule has 0 amide bonds. The second kappa shape index (κ2) is 6.11. The molecule has 1 aromatic rings. The fraction of sp³-hybridized carbons (Fsp3) is 0.538. The monoisotopic (exact) mass is 257 g/mol. The van der Waals surface area contributed by atoms with E-state index in [0.29, 0.717) is 18.9 Å². The van der Waals surface area contributed by atoms with Crippen LogP contribution in [0.3, 0.4) is 0 Å². The molecule has 0 spiro atoms. The molecule has 0 aliphatic carbocycles. The maximum absolute atomic E-state index is 12.9. The molecule has 100 valence electrons. The first kappa shape index (κ1) is 13.2. The summed E-state index contributed by atoms with van der Waals surface area (Å²) in [5.74, 6) is -1.45. The number of halogens is 2. The molecule has 1 unspecified atom stereocenters. The molecule has 0 radical (unpaired) electrons. The van der Waals surface area contributed by atoms with Gasteiger partial charge < -0.3 is 9.84 Å². The second-order valence-electron chi connectivity index (χ2n) is 4.44. The van der Waals surface area contributed by atoms with Gasteiger partial charge in [-0.15, -0.1) is 0 Å². The number of benzene rings is 1. The molecule has 1 atom stereocenters. The topological polar surface area (TPSA) is 32.7 Å². The van der Waals surface area contributed by atoms with Gasteiger partial charge in [-0.2, -0.15) is 0 Å². The van der Waals surface area contributed by atoms with Crippen LogP contribution in [0.1, 0.15) is 12.8 Å². The van der Waals surface area contributed by atoms with E-state index in [1.807, 2.05) is 0 Å². The lowest BCUT2D eigenvalue weighted by Crippen LogP contribution is -2.35. The minimum atomic E-state index is -0.901. The van der Waals surface area contributed by atoms with Crippen molar-refractivity contribution in [2.75, 3.05) is 26.3 Å². The highest BCUT2D eigenvalue weighted by Crippen LogP contribution is 2.18. The van der Waals surface area contributed by atoms with Gasteiger partial charge in [0.2, 0.25) is 0 Å². The Morgan fingerprint density at radius 3 is 2.89 bits per heavy atom. The highest BCUT2D eigenvalue weighted by molar-refractivity contribution is 5.23. The lowest BCUT2D eigenvalue weighted by molar-refractivity contribution is 0.139. The second-order valence-corrected chi connectivity index (χ2v) is 4.44. The summed E-state index contributed by atoms with van der Waals surface area (Å²) in [5.41, 5.74) is 0. The predicted octanol–water partition coefficient (Wildman–Crippen LogP) is 1.80. The normalized spacial score (nSPS) is 20.3. The SMILES string of the molecule is OCC1CCCN1CCOc1ccc(F)c(F)c1. The van der Waals surface area contributed by atoms with Gasteiger partial charge in [-0.3, -0.25) is 4.90 Å². The van der Waals surface area contributed by atoms with Crippen LogP contribution in [-0.4, -0.2) is 42.4 Å². The fourth-order valence-corrected chi connectivity index (χ4v) is 2.24. The minimum Gasteiger partial charge on any atom is -0.492 e. The quantitative estimate of drug-likeness (QED) is 0.873. The van der Waals surface area contributed by atoms with Gasteiger partial charge in [-0.25, -0.2) is 8.78 Å². The Kier molecular flexibility index (Phi) is 4.49. The third-order valence-corrected chi connectivity index (χ3v) is 3.25. The molecule has 1 aliphatic heterocycles. The number of aliphatic hydroxyl groups excluding tert-OH is 1. The average Bonchev–Trinajstić information content (AvgIpc) is 2.81. The molecule has 1 aromatic carbocycles. The maximum atomic E-state index is 12.9. The van der Waals surface area contributed by atoms with Crippen LogP contribution in [0.15, 0.2) is 18.2 Å². The van der Waals surface area contributed by atoms with E-state index < -0.39 is 11.6 Å². The summed E-state index contributed by atoms with van der Waals surface area (Å²) in [6.45, 7) is 2.20. The highest BCUT2D eigenvalue weighted by Gasteiger charge is 2.23. The molecule has 1 N–H and O–H groups in total. The standard InChI is InChI=1S/C13H17F2NO2/c14-12-4-3-11(8-13(12)15)18-7-6-16-5-1-2-10(16)9-17/h3-4,8,10,17H,1-2,5-7,9H2. The maximum Gasteiger partial charge on any atom is 0.162 e. The van der Waals surface area contributed by atoms with E-state index in [1.54, 1.807) is 0 Å². The van der Waals surface area contributed by atoms with Crippen molar-refractivity contribution in [1.82, 2.24) is 4.90 Å². The van der Waals surface area contributed by atoms with Crippen molar-refractivity contribution >= 4 is 0 Å². The van der Waals surface area contributed by atoms with E-state index in [-0.39, 0.29) is 12.6 Å². The molecule has 2 rings (SSSR count). The molecule has 1 saturated heterocycles. The summed E-state index contributed by atoms with van der Waals surface area (Å²) in [6, 6.07) is 3.71. The van der Waals surface area contributed by atoms with Crippen molar-refractivity contribution in [2.45, 2.75) is 18.9 Å². The summed E-state index contributed by atoms with van der Waals surface area (Å²) in [7, 11) is 0. The van der Waals surface area contributed by atoms with E-state index in [4.69, 9.17) is 9.84 Å². The van der Waals surface area contributed by atoms with Gasteiger partial charge in [-0.1, -0.05) is 0 Å². The summed E-state index contributed by atoms with van der Waals surface area (Å²) in [5, 5.41) is 9.15. The summed E-state index contributed by atoms with van der Waals surface area (Å²) >= 11 is 0. The zero-order valence-corrected chi connectivity index (χ0v) is 10.1. The zero-order chi connectivity index (χ0) is 13.0. The molecule has 3 nitrogen and oxygen atoms in total. The van der Waals surface area contributed by atoms with Crippen LogP contribution in [0.4, 0.5) is 8.78 Å². The summed E-state index contributed by atoms with van der Waals surface area (Å²) in [6.07, 6.45) is 2.08. The number of aliphatic hydroxyl groups is 1. The molecule has 5 heteroatoms. The molecule has 18 heavy (non-hydrogen) atoms. The highest BCUT2D eigenvalue weighted by atomic mass is 19.2. The smallest absolute Gasteiger partial charge is 0.162 e. The first-order valence-corrected chi connectivity index (χ1v) is 6.13. The lowest BCUT2D eigenvalue weighted by Gasteiger charge is -2.22. The Bertz CT molecular complexity index is 401. The first-order chi connectivity index (χ1) is 8.70. The summed E-state index contributed by atoms with van der Waals surface area (Å²) < 4.78 is 31.0. The number of ether oxygens (including phenoxy) is 1. The van der Waals surface area contributed by atoms with Crippen LogP contribution in [0.5, 0.6) is 5.75 Å². The van der Waals surface area contributed by atoms with Crippen molar-refractivity contribution in [3.63, 3.8) is 0 Å². The van der Waals surface area contributed by atoms with Crippen LogP contribution in [-0.2, 0) is 0 Å². The average molecular weight is 257 g/mol. The molecular formula is C13H17F2NO2. The Morgan fingerprint density at radius 1 is 1.33 bits per heavy atom. The number of hydrogen-bond acceptors (Lipinski definition) is 3. The predicted molar refractivity (Wildman–Crippen MR) is 63.5 cm³/mol. The third kappa shape index (κ3) is 3.17. The molecule has 0 bridgehead atoms. The van der Waals surface area contributed by atoms with Gasteiger partial charge in [0.25, 0.3) is 0 Å². The number of likely N-dealkylation sites (tertiary alicyclic amines) is 1.